The van der Waals surface area contributed by atoms with Crippen molar-refractivity contribution in [3.63, 3.8) is 0 Å². The molecule has 1 fully saturated rings. The van der Waals surface area contributed by atoms with E-state index in [-0.39, 0.29) is 11.9 Å². The quantitative estimate of drug-likeness (QED) is 0.861. The summed E-state index contributed by atoms with van der Waals surface area (Å²) in [5.74, 6) is 0.359. The van der Waals surface area contributed by atoms with Crippen LogP contribution >= 0.6 is 0 Å². The van der Waals surface area contributed by atoms with E-state index in [1.54, 1.807) is 19.2 Å². The number of amides is 1. The van der Waals surface area contributed by atoms with Crippen LogP contribution in [-0.2, 0) is 4.74 Å². The lowest BCUT2D eigenvalue weighted by Crippen LogP contribution is -2.43. The number of pyridine rings is 1. The van der Waals surface area contributed by atoms with E-state index in [1.807, 2.05) is 0 Å². The number of hydrogen-bond donors (Lipinski definition) is 1. The predicted molar refractivity (Wildman–Crippen MR) is 99.4 cm³/mol. The first-order chi connectivity index (χ1) is 12.7. The van der Waals surface area contributed by atoms with Gasteiger partial charge in [-0.25, -0.2) is 4.98 Å². The fourth-order valence-electron chi connectivity index (χ4n) is 3.06. The molecule has 3 rings (SSSR count). The summed E-state index contributed by atoms with van der Waals surface area (Å²) in [4.78, 5) is 18.9. The van der Waals surface area contributed by atoms with Gasteiger partial charge in [-0.2, -0.15) is 0 Å². The molecule has 0 bridgehead atoms. The molecule has 0 spiro atoms. The number of morpholine rings is 1. The fourth-order valence-corrected chi connectivity index (χ4v) is 3.06. The highest BCUT2D eigenvalue weighted by Gasteiger charge is 2.23. The van der Waals surface area contributed by atoms with Gasteiger partial charge in [0.25, 0.3) is 5.91 Å². The van der Waals surface area contributed by atoms with Crippen LogP contribution in [-0.4, -0.2) is 55.7 Å². The van der Waals surface area contributed by atoms with E-state index in [0.29, 0.717) is 18.0 Å². The molecule has 0 unspecified atom stereocenters. The third-order valence-electron chi connectivity index (χ3n) is 4.61. The molecule has 1 aliphatic heterocycles. The van der Waals surface area contributed by atoms with Crippen LogP contribution in [0.4, 0.5) is 0 Å². The first-order valence-electron chi connectivity index (χ1n) is 8.84. The number of nitrogens with one attached hydrogen (secondary N) is 1. The number of nitrogens with zero attached hydrogens (tertiary/aromatic N) is 2. The molecule has 1 aliphatic rings. The summed E-state index contributed by atoms with van der Waals surface area (Å²) in [6, 6.07) is 12.0. The van der Waals surface area contributed by atoms with Gasteiger partial charge < -0.3 is 14.8 Å². The second-order valence-corrected chi connectivity index (χ2v) is 6.37. The Morgan fingerprint density at radius 3 is 2.58 bits per heavy atom. The van der Waals surface area contributed by atoms with E-state index in [0.717, 1.165) is 26.3 Å². The van der Waals surface area contributed by atoms with Gasteiger partial charge in [-0.15, -0.1) is 0 Å². The summed E-state index contributed by atoms with van der Waals surface area (Å²) in [7, 11) is 1.55. The summed E-state index contributed by atoms with van der Waals surface area (Å²) >= 11 is 0. The molecule has 0 aliphatic carbocycles. The van der Waals surface area contributed by atoms with Crippen molar-refractivity contribution in [1.29, 1.82) is 0 Å². The van der Waals surface area contributed by atoms with Crippen molar-refractivity contribution in [3.05, 3.63) is 59.3 Å². The average molecular weight is 355 g/mol. The lowest BCUT2D eigenvalue weighted by molar-refractivity contribution is 0.0162. The van der Waals surface area contributed by atoms with Crippen molar-refractivity contribution in [2.24, 2.45) is 0 Å². The number of hydrogen-bond acceptors (Lipinski definition) is 5. The van der Waals surface area contributed by atoms with Crippen molar-refractivity contribution in [2.75, 3.05) is 40.0 Å². The van der Waals surface area contributed by atoms with Crippen LogP contribution in [0.5, 0.6) is 5.88 Å². The number of methoxy groups -OCH3 is 1. The molecule has 1 amide bonds. The van der Waals surface area contributed by atoms with Gasteiger partial charge in [0.05, 0.1) is 31.9 Å². The molecule has 6 nitrogen and oxygen atoms in total. The first-order valence-corrected chi connectivity index (χ1v) is 8.84. The Balaban J connectivity index is 1.70. The smallest absolute Gasteiger partial charge is 0.252 e. The molecule has 1 atom stereocenters. The maximum absolute atomic E-state index is 12.5. The van der Waals surface area contributed by atoms with Crippen molar-refractivity contribution in [1.82, 2.24) is 15.2 Å². The van der Waals surface area contributed by atoms with Crippen LogP contribution < -0.4 is 10.1 Å². The SMILES string of the molecule is COc1ccc(C(=O)NC[C@H](c2ccc(C)cc2)N2CCOCC2)cn1. The van der Waals surface area contributed by atoms with Gasteiger partial charge in [0, 0.05) is 31.9 Å². The predicted octanol–water partition coefficient (Wildman–Crippen LogP) is 2.20. The van der Waals surface area contributed by atoms with Crippen molar-refractivity contribution < 1.29 is 14.3 Å². The maximum Gasteiger partial charge on any atom is 0.252 e. The van der Waals surface area contributed by atoms with Gasteiger partial charge in [0.2, 0.25) is 5.88 Å². The van der Waals surface area contributed by atoms with E-state index < -0.39 is 0 Å². The summed E-state index contributed by atoms with van der Waals surface area (Å²) < 4.78 is 10.5. The van der Waals surface area contributed by atoms with Gasteiger partial charge in [-0.1, -0.05) is 29.8 Å². The number of benzene rings is 1. The molecule has 1 N–H and O–H groups in total. The Labute approximate surface area is 154 Å². The summed E-state index contributed by atoms with van der Waals surface area (Å²) in [6.07, 6.45) is 1.53. The number of carbonyl (C=O) groups excluding carboxylic acids is 1. The molecular formula is C20H25N3O3. The van der Waals surface area contributed by atoms with Gasteiger partial charge in [0.1, 0.15) is 0 Å². The Kier molecular flexibility index (Phi) is 6.20. The van der Waals surface area contributed by atoms with Crippen LogP contribution in [0, 0.1) is 6.92 Å². The number of carbonyl (C=O) groups is 1. The Bertz CT molecular complexity index is 710. The van der Waals surface area contributed by atoms with Crippen molar-refractivity contribution in [2.45, 2.75) is 13.0 Å². The Morgan fingerprint density at radius 1 is 1.23 bits per heavy atom. The molecule has 0 radical (unpaired) electrons. The molecule has 6 heteroatoms. The highest BCUT2D eigenvalue weighted by Crippen LogP contribution is 2.22. The fraction of sp³-hybridized carbons (Fsp3) is 0.400. The van der Waals surface area contributed by atoms with Crippen molar-refractivity contribution >= 4 is 5.91 Å². The molecule has 26 heavy (non-hydrogen) atoms. The average Bonchev–Trinajstić information content (AvgIpc) is 2.70. The molecule has 138 valence electrons. The summed E-state index contributed by atoms with van der Waals surface area (Å²) in [6.45, 7) is 5.77. The van der Waals surface area contributed by atoms with E-state index >= 15 is 0 Å². The maximum atomic E-state index is 12.5. The third-order valence-corrected chi connectivity index (χ3v) is 4.61. The minimum Gasteiger partial charge on any atom is -0.481 e. The van der Waals surface area contributed by atoms with Gasteiger partial charge in [-0.3, -0.25) is 9.69 Å². The minimum atomic E-state index is -0.134. The molecule has 0 saturated carbocycles. The van der Waals surface area contributed by atoms with Crippen LogP contribution in [0.15, 0.2) is 42.6 Å². The van der Waals surface area contributed by atoms with Gasteiger partial charge in [0.15, 0.2) is 0 Å². The van der Waals surface area contributed by atoms with Crippen molar-refractivity contribution in [3.8, 4) is 5.88 Å². The first kappa shape index (κ1) is 18.4. The van der Waals surface area contributed by atoms with Gasteiger partial charge >= 0.3 is 0 Å². The van der Waals surface area contributed by atoms with E-state index in [9.17, 15) is 4.79 Å². The van der Waals surface area contributed by atoms with Gasteiger partial charge in [-0.05, 0) is 18.6 Å². The largest absolute Gasteiger partial charge is 0.481 e. The Hall–Kier alpha value is -2.44. The molecular weight excluding hydrogens is 330 g/mol. The monoisotopic (exact) mass is 355 g/mol. The highest BCUT2D eigenvalue weighted by atomic mass is 16.5. The minimum absolute atomic E-state index is 0.120. The van der Waals surface area contributed by atoms with E-state index in [1.165, 1.54) is 17.3 Å². The summed E-state index contributed by atoms with van der Waals surface area (Å²) in [5.41, 5.74) is 2.95. The standard InChI is InChI=1S/C20H25N3O3/c1-15-3-5-16(6-4-15)18(23-9-11-26-12-10-23)14-22-20(24)17-7-8-19(25-2)21-13-17/h3-8,13,18H,9-12,14H2,1-2H3,(H,22,24)/t18-/m1/s1. The molecule has 2 aromatic rings. The second kappa shape index (κ2) is 8.78. The topological polar surface area (TPSA) is 63.7 Å². The normalized spacial score (nSPS) is 16.1. The number of aryl methyl sites for hydroxylation is 1. The lowest BCUT2D eigenvalue weighted by atomic mass is 10.0. The second-order valence-electron chi connectivity index (χ2n) is 6.37. The Morgan fingerprint density at radius 2 is 1.96 bits per heavy atom. The molecule has 1 aromatic heterocycles. The molecule has 2 heterocycles. The van der Waals surface area contributed by atoms with E-state index in [2.05, 4.69) is 46.4 Å². The van der Waals surface area contributed by atoms with Crippen LogP contribution in [0.3, 0.4) is 0 Å². The van der Waals surface area contributed by atoms with Crippen LogP contribution in [0.2, 0.25) is 0 Å². The lowest BCUT2D eigenvalue weighted by Gasteiger charge is -2.35. The zero-order valence-electron chi connectivity index (χ0n) is 15.3. The number of ether oxygens (including phenoxy) is 2. The molecule has 1 saturated heterocycles. The molecule has 1 aromatic carbocycles. The summed E-state index contributed by atoms with van der Waals surface area (Å²) in [5, 5.41) is 3.04. The van der Waals surface area contributed by atoms with E-state index in [4.69, 9.17) is 9.47 Å². The zero-order valence-corrected chi connectivity index (χ0v) is 15.3. The zero-order chi connectivity index (χ0) is 18.4. The van der Waals surface area contributed by atoms with Crippen LogP contribution in [0.25, 0.3) is 0 Å². The highest BCUT2D eigenvalue weighted by molar-refractivity contribution is 5.93. The number of aromatic nitrogens is 1. The third kappa shape index (κ3) is 4.59. The number of rotatable bonds is 6. The van der Waals surface area contributed by atoms with Crippen LogP contribution in [0.1, 0.15) is 27.5 Å².